The summed E-state index contributed by atoms with van der Waals surface area (Å²) in [4.78, 5) is 21.8. The average Bonchev–Trinajstić information content (AvgIpc) is 2.97. The van der Waals surface area contributed by atoms with Crippen molar-refractivity contribution >= 4 is 39.3 Å². The highest BCUT2D eigenvalue weighted by atomic mass is 32.2. The molecule has 162 valence electrons. The molecule has 1 aliphatic heterocycles. The lowest BCUT2D eigenvalue weighted by molar-refractivity contribution is -0.117. The third-order valence-corrected chi connectivity index (χ3v) is 5.22. The summed E-state index contributed by atoms with van der Waals surface area (Å²) in [6.45, 7) is 4.00. The first-order chi connectivity index (χ1) is 15.6. The standard InChI is InChI=1S/C23H19N5OS.C2H6/c24-20(16-11-5-2-6-12-16)30-23(25)28-21-22(29)26-18-14-8-7-13-17(18)19(27-21)15-9-3-1-4-10-15;1-2/h1-14,21,24H,(H2,25,28)(H,26,29);1-2H3. The molecule has 3 aromatic carbocycles. The number of nitrogens with zero attached hydrogens (tertiary/aromatic N) is 2. The minimum absolute atomic E-state index is 0.103. The summed E-state index contributed by atoms with van der Waals surface area (Å²) in [7, 11) is 0. The van der Waals surface area contributed by atoms with Gasteiger partial charge in [-0.25, -0.2) is 9.98 Å². The van der Waals surface area contributed by atoms with Gasteiger partial charge < -0.3 is 11.1 Å². The highest BCUT2D eigenvalue weighted by molar-refractivity contribution is 8.26. The van der Waals surface area contributed by atoms with E-state index in [1.54, 1.807) is 0 Å². The number of amidine groups is 1. The van der Waals surface area contributed by atoms with Crippen LogP contribution in [0.1, 0.15) is 30.5 Å². The van der Waals surface area contributed by atoms with Crippen molar-refractivity contribution in [1.29, 1.82) is 5.41 Å². The fraction of sp³-hybridized carbons (Fsp3) is 0.120. The van der Waals surface area contributed by atoms with Crippen LogP contribution >= 0.6 is 11.8 Å². The van der Waals surface area contributed by atoms with Crippen LogP contribution in [-0.2, 0) is 4.79 Å². The van der Waals surface area contributed by atoms with Crippen LogP contribution in [0.25, 0.3) is 0 Å². The Morgan fingerprint density at radius 3 is 2.25 bits per heavy atom. The SMILES string of the molecule is CC.N=C(S/C(N)=N/C1N=C(c2ccccc2)c2ccccc2NC1=O)c1ccccc1. The van der Waals surface area contributed by atoms with E-state index in [4.69, 9.17) is 11.1 Å². The van der Waals surface area contributed by atoms with Gasteiger partial charge in [0.05, 0.1) is 11.4 Å². The molecule has 0 saturated heterocycles. The fourth-order valence-corrected chi connectivity index (χ4v) is 3.68. The first-order valence-corrected chi connectivity index (χ1v) is 11.1. The minimum atomic E-state index is -1.05. The molecule has 3 aromatic rings. The Hall–Kier alpha value is -3.71. The van der Waals surface area contributed by atoms with E-state index in [2.05, 4.69) is 15.3 Å². The van der Waals surface area contributed by atoms with Crippen LogP contribution in [0.3, 0.4) is 0 Å². The van der Waals surface area contributed by atoms with E-state index in [0.717, 1.165) is 28.5 Å². The van der Waals surface area contributed by atoms with Gasteiger partial charge in [0.15, 0.2) is 5.17 Å². The number of carbonyl (C=O) groups is 1. The molecule has 1 atom stereocenters. The second kappa shape index (κ2) is 11.1. The Kier molecular flexibility index (Phi) is 7.94. The van der Waals surface area contributed by atoms with E-state index < -0.39 is 6.17 Å². The summed E-state index contributed by atoms with van der Waals surface area (Å²) in [5, 5.41) is 11.5. The molecular weight excluding hydrogens is 418 g/mol. The number of thioether (sulfide) groups is 1. The summed E-state index contributed by atoms with van der Waals surface area (Å²) >= 11 is 0.998. The topological polar surface area (TPSA) is 104 Å². The number of nitrogens with one attached hydrogen (secondary N) is 2. The van der Waals surface area contributed by atoms with Crippen molar-refractivity contribution < 1.29 is 4.79 Å². The van der Waals surface area contributed by atoms with Crippen molar-refractivity contribution in [2.45, 2.75) is 20.0 Å². The average molecular weight is 444 g/mol. The Morgan fingerprint density at radius 1 is 0.969 bits per heavy atom. The highest BCUT2D eigenvalue weighted by Crippen LogP contribution is 2.25. The van der Waals surface area contributed by atoms with Crippen LogP contribution < -0.4 is 11.1 Å². The molecule has 0 spiro atoms. The zero-order chi connectivity index (χ0) is 22.9. The number of benzene rings is 3. The van der Waals surface area contributed by atoms with Crippen molar-refractivity contribution in [3.63, 3.8) is 0 Å². The summed E-state index contributed by atoms with van der Waals surface area (Å²) < 4.78 is 0. The third kappa shape index (κ3) is 5.50. The van der Waals surface area contributed by atoms with E-state index in [-0.39, 0.29) is 16.1 Å². The number of hydrogen-bond donors (Lipinski definition) is 3. The summed E-state index contributed by atoms with van der Waals surface area (Å²) in [5.74, 6) is -0.372. The van der Waals surface area contributed by atoms with Crippen LogP contribution in [0, 0.1) is 5.41 Å². The summed E-state index contributed by atoms with van der Waals surface area (Å²) in [6.07, 6.45) is -1.05. The predicted molar refractivity (Wildman–Crippen MR) is 135 cm³/mol. The van der Waals surface area contributed by atoms with E-state index >= 15 is 0 Å². The lowest BCUT2D eigenvalue weighted by atomic mass is 10.0. The van der Waals surface area contributed by atoms with Crippen LogP contribution in [0.5, 0.6) is 0 Å². The number of anilines is 1. The van der Waals surface area contributed by atoms with Gasteiger partial charge in [-0.05, 0) is 17.8 Å². The molecule has 32 heavy (non-hydrogen) atoms. The second-order valence-corrected chi connectivity index (χ2v) is 7.55. The van der Waals surface area contributed by atoms with Crippen molar-refractivity contribution in [3.05, 3.63) is 102 Å². The van der Waals surface area contributed by atoms with Crippen LogP contribution in [0.2, 0.25) is 0 Å². The normalized spacial score (nSPS) is 15.3. The number of aliphatic imine (C=N–C) groups is 2. The van der Waals surface area contributed by atoms with Crippen molar-refractivity contribution in [1.82, 2.24) is 0 Å². The molecule has 7 heteroatoms. The van der Waals surface area contributed by atoms with E-state index in [1.165, 1.54) is 0 Å². The molecule has 0 saturated carbocycles. The van der Waals surface area contributed by atoms with Gasteiger partial charge >= 0.3 is 0 Å². The largest absolute Gasteiger partial charge is 0.378 e. The number of amides is 1. The van der Waals surface area contributed by atoms with Gasteiger partial charge in [0, 0.05) is 16.7 Å². The molecule has 0 aromatic heterocycles. The molecule has 6 nitrogen and oxygen atoms in total. The Bertz CT molecular complexity index is 1140. The molecule has 0 radical (unpaired) electrons. The van der Waals surface area contributed by atoms with E-state index in [1.807, 2.05) is 98.8 Å². The van der Waals surface area contributed by atoms with Crippen LogP contribution in [0.4, 0.5) is 5.69 Å². The first-order valence-electron chi connectivity index (χ1n) is 10.3. The van der Waals surface area contributed by atoms with Crippen molar-refractivity contribution in [2.75, 3.05) is 5.32 Å². The van der Waals surface area contributed by atoms with Gasteiger partial charge in [0.1, 0.15) is 5.04 Å². The maximum atomic E-state index is 12.8. The van der Waals surface area contributed by atoms with Gasteiger partial charge in [-0.3, -0.25) is 10.2 Å². The number of rotatable bonds is 3. The molecule has 1 amide bonds. The number of hydrogen-bond acceptors (Lipinski definition) is 5. The quantitative estimate of drug-likeness (QED) is 0.396. The lowest BCUT2D eigenvalue weighted by Crippen LogP contribution is -2.26. The summed E-state index contributed by atoms with van der Waals surface area (Å²) in [5.41, 5.74) is 9.83. The predicted octanol–water partition coefficient (Wildman–Crippen LogP) is 4.90. The third-order valence-electron chi connectivity index (χ3n) is 4.47. The number of carbonyl (C=O) groups excluding carboxylic acids is 1. The zero-order valence-corrected chi connectivity index (χ0v) is 18.8. The molecule has 0 aliphatic carbocycles. The Morgan fingerprint density at radius 2 is 1.56 bits per heavy atom. The van der Waals surface area contributed by atoms with Crippen molar-refractivity contribution in [3.8, 4) is 0 Å². The van der Waals surface area contributed by atoms with Gasteiger partial charge in [-0.1, -0.05) is 92.7 Å². The van der Waals surface area contributed by atoms with Crippen molar-refractivity contribution in [2.24, 2.45) is 15.7 Å². The molecular formula is C25H25N5OS. The zero-order valence-electron chi connectivity index (χ0n) is 17.9. The number of para-hydroxylation sites is 1. The highest BCUT2D eigenvalue weighted by Gasteiger charge is 2.25. The van der Waals surface area contributed by atoms with Gasteiger partial charge in [-0.15, -0.1) is 0 Å². The molecule has 0 bridgehead atoms. The van der Waals surface area contributed by atoms with E-state index in [9.17, 15) is 4.79 Å². The lowest BCUT2D eigenvalue weighted by Gasteiger charge is -2.09. The Labute approximate surface area is 192 Å². The first kappa shape index (κ1) is 23.0. The van der Waals surface area contributed by atoms with E-state index in [0.29, 0.717) is 11.4 Å². The molecule has 4 N–H and O–H groups in total. The maximum Gasteiger partial charge on any atom is 0.271 e. The van der Waals surface area contributed by atoms with Gasteiger partial charge in [0.2, 0.25) is 6.17 Å². The molecule has 1 heterocycles. The Balaban J connectivity index is 0.00000141. The number of benzodiazepines with no additional fused rings is 1. The number of fused-ring (bicyclic) bond motifs is 1. The number of nitrogens with two attached hydrogens (primary N) is 1. The molecule has 0 fully saturated rings. The van der Waals surface area contributed by atoms with Gasteiger partial charge in [0.25, 0.3) is 5.91 Å². The second-order valence-electron chi connectivity index (χ2n) is 6.52. The monoisotopic (exact) mass is 443 g/mol. The summed E-state index contributed by atoms with van der Waals surface area (Å²) in [6, 6.07) is 26.4. The van der Waals surface area contributed by atoms with Gasteiger partial charge in [-0.2, -0.15) is 0 Å². The molecule has 4 rings (SSSR count). The molecule has 1 aliphatic rings. The smallest absolute Gasteiger partial charge is 0.271 e. The fourth-order valence-electron chi connectivity index (χ4n) is 3.06. The maximum absolute atomic E-state index is 12.8. The molecule has 1 unspecified atom stereocenters. The minimum Gasteiger partial charge on any atom is -0.378 e. The van der Waals surface area contributed by atoms with Crippen LogP contribution in [-0.4, -0.2) is 28.0 Å². The van der Waals surface area contributed by atoms with Crippen LogP contribution in [0.15, 0.2) is 94.9 Å².